The number of nitro groups is 1. The molecule has 10 heteroatoms. The number of rotatable bonds is 7. The minimum absolute atomic E-state index is 0.00865. The monoisotopic (exact) mass is 443 g/mol. The van der Waals surface area contributed by atoms with Crippen LogP contribution in [-0.2, 0) is 19.1 Å². The normalized spacial score (nSPS) is 15.6. The fraction of sp³-hybridized carbons (Fsp3) is 0.286. The zero-order valence-corrected chi connectivity index (χ0v) is 17.8. The van der Waals surface area contributed by atoms with Crippen molar-refractivity contribution in [3.63, 3.8) is 0 Å². The summed E-state index contributed by atoms with van der Waals surface area (Å²) in [5, 5.41) is 13.4. The number of anilines is 2. The molecular weight excluding hydrogens is 422 g/mol. The van der Waals surface area contributed by atoms with Crippen molar-refractivity contribution in [1.82, 2.24) is 0 Å². The molecule has 31 heavy (non-hydrogen) atoms. The van der Waals surface area contributed by atoms with Gasteiger partial charge in [0.05, 0.1) is 16.5 Å². The molecule has 1 aliphatic rings. The molecule has 2 amide bonds. The van der Waals surface area contributed by atoms with Gasteiger partial charge in [-0.2, -0.15) is 0 Å². The predicted molar refractivity (Wildman–Crippen MR) is 116 cm³/mol. The second kappa shape index (κ2) is 9.61. The molecule has 1 N–H and O–H groups in total. The lowest BCUT2D eigenvalue weighted by Crippen LogP contribution is -2.28. The van der Waals surface area contributed by atoms with Gasteiger partial charge >= 0.3 is 5.97 Å². The number of nitrogens with zero attached hydrogens (tertiary/aromatic N) is 2. The number of aryl methyl sites for hydroxylation is 1. The van der Waals surface area contributed by atoms with Gasteiger partial charge < -0.3 is 15.0 Å². The van der Waals surface area contributed by atoms with Crippen LogP contribution < -0.4 is 10.2 Å². The lowest BCUT2D eigenvalue weighted by atomic mass is 10.1. The van der Waals surface area contributed by atoms with E-state index in [4.69, 9.17) is 4.74 Å². The average Bonchev–Trinajstić information content (AvgIpc) is 3.15. The summed E-state index contributed by atoms with van der Waals surface area (Å²) in [6, 6.07) is 11.6. The van der Waals surface area contributed by atoms with Crippen molar-refractivity contribution in [3.8, 4) is 0 Å². The smallest absolute Gasteiger partial charge is 0.311 e. The summed E-state index contributed by atoms with van der Waals surface area (Å²) in [7, 11) is 0. The van der Waals surface area contributed by atoms with Crippen LogP contribution in [0.2, 0.25) is 0 Å². The predicted octanol–water partition coefficient (Wildman–Crippen LogP) is 3.16. The van der Waals surface area contributed by atoms with Crippen molar-refractivity contribution in [2.24, 2.45) is 5.92 Å². The van der Waals surface area contributed by atoms with E-state index in [1.165, 1.54) is 23.1 Å². The SMILES string of the molecule is CSc1ccc(N2CC(C(=O)OCC(=O)Nc3cc([N+](=O)[O-])ccc3C)CC2=O)cc1. The van der Waals surface area contributed by atoms with Crippen molar-refractivity contribution in [2.45, 2.75) is 18.2 Å². The van der Waals surface area contributed by atoms with E-state index in [0.717, 1.165) is 4.90 Å². The highest BCUT2D eigenvalue weighted by atomic mass is 32.2. The number of nitro benzene ring substituents is 1. The molecule has 0 aromatic heterocycles. The van der Waals surface area contributed by atoms with Crippen LogP contribution in [0.25, 0.3) is 0 Å². The first-order chi connectivity index (χ1) is 14.8. The van der Waals surface area contributed by atoms with E-state index in [0.29, 0.717) is 11.3 Å². The average molecular weight is 443 g/mol. The van der Waals surface area contributed by atoms with Gasteiger partial charge in [0, 0.05) is 35.7 Å². The minimum atomic E-state index is -0.667. The number of thioether (sulfide) groups is 1. The molecule has 0 radical (unpaired) electrons. The molecule has 0 bridgehead atoms. The van der Waals surface area contributed by atoms with Gasteiger partial charge in [0.2, 0.25) is 5.91 Å². The third-order valence-electron chi connectivity index (χ3n) is 4.89. The summed E-state index contributed by atoms with van der Waals surface area (Å²) in [6.07, 6.45) is 1.97. The summed E-state index contributed by atoms with van der Waals surface area (Å²) in [5.41, 5.74) is 1.45. The molecule has 1 fully saturated rings. The van der Waals surface area contributed by atoms with Gasteiger partial charge in [-0.1, -0.05) is 6.07 Å². The number of non-ortho nitro benzene ring substituents is 1. The molecule has 162 valence electrons. The third-order valence-corrected chi connectivity index (χ3v) is 5.64. The van der Waals surface area contributed by atoms with E-state index in [9.17, 15) is 24.5 Å². The minimum Gasteiger partial charge on any atom is -0.455 e. The molecule has 3 rings (SSSR count). The van der Waals surface area contributed by atoms with E-state index in [-0.39, 0.29) is 30.2 Å². The lowest BCUT2D eigenvalue weighted by Gasteiger charge is -2.17. The van der Waals surface area contributed by atoms with Crippen LogP contribution in [0.1, 0.15) is 12.0 Å². The van der Waals surface area contributed by atoms with E-state index in [2.05, 4.69) is 5.32 Å². The molecule has 1 atom stereocenters. The van der Waals surface area contributed by atoms with E-state index in [1.54, 1.807) is 18.7 Å². The maximum atomic E-state index is 12.4. The van der Waals surface area contributed by atoms with Crippen molar-refractivity contribution < 1.29 is 24.0 Å². The molecule has 9 nitrogen and oxygen atoms in total. The van der Waals surface area contributed by atoms with Crippen molar-refractivity contribution in [3.05, 3.63) is 58.1 Å². The quantitative estimate of drug-likeness (QED) is 0.302. The first kappa shape index (κ1) is 22.3. The van der Waals surface area contributed by atoms with Crippen LogP contribution in [0.5, 0.6) is 0 Å². The Morgan fingerprint density at radius 3 is 2.61 bits per heavy atom. The highest BCUT2D eigenvalue weighted by Crippen LogP contribution is 2.28. The number of ether oxygens (including phenoxy) is 1. The molecule has 1 unspecified atom stereocenters. The second-order valence-corrected chi connectivity index (χ2v) is 7.90. The molecule has 1 saturated heterocycles. The zero-order chi connectivity index (χ0) is 22.5. The highest BCUT2D eigenvalue weighted by Gasteiger charge is 2.36. The van der Waals surface area contributed by atoms with Gasteiger partial charge in [0.25, 0.3) is 11.6 Å². The maximum absolute atomic E-state index is 12.4. The maximum Gasteiger partial charge on any atom is 0.311 e. The molecule has 2 aromatic carbocycles. The summed E-state index contributed by atoms with van der Waals surface area (Å²) >= 11 is 1.59. The number of benzene rings is 2. The van der Waals surface area contributed by atoms with E-state index >= 15 is 0 Å². The van der Waals surface area contributed by atoms with Crippen molar-refractivity contribution in [2.75, 3.05) is 29.6 Å². The molecule has 1 aliphatic heterocycles. The van der Waals surface area contributed by atoms with Gasteiger partial charge in [-0.15, -0.1) is 11.8 Å². The molecule has 0 aliphatic carbocycles. The second-order valence-electron chi connectivity index (χ2n) is 7.02. The number of amides is 2. The first-order valence-electron chi connectivity index (χ1n) is 9.44. The molecule has 2 aromatic rings. The molecule has 1 heterocycles. The van der Waals surface area contributed by atoms with Gasteiger partial charge in [-0.25, -0.2) is 0 Å². The van der Waals surface area contributed by atoms with Crippen LogP contribution >= 0.6 is 11.8 Å². The Morgan fingerprint density at radius 1 is 1.26 bits per heavy atom. The summed E-state index contributed by atoms with van der Waals surface area (Å²) < 4.78 is 5.08. The number of esters is 1. The van der Waals surface area contributed by atoms with Gasteiger partial charge in [0.1, 0.15) is 0 Å². The Labute approximate surface area is 182 Å². The largest absolute Gasteiger partial charge is 0.455 e. The Hall–Kier alpha value is -3.40. The number of carbonyl (C=O) groups is 3. The topological polar surface area (TPSA) is 119 Å². The fourth-order valence-electron chi connectivity index (χ4n) is 3.18. The van der Waals surface area contributed by atoms with Gasteiger partial charge in [-0.3, -0.25) is 24.5 Å². The van der Waals surface area contributed by atoms with Crippen LogP contribution in [0, 0.1) is 23.0 Å². The van der Waals surface area contributed by atoms with E-state index in [1.807, 2.05) is 30.5 Å². The number of nitrogens with one attached hydrogen (secondary N) is 1. The highest BCUT2D eigenvalue weighted by molar-refractivity contribution is 7.98. The summed E-state index contributed by atoms with van der Waals surface area (Å²) in [5.74, 6) is -2.11. The Kier molecular flexibility index (Phi) is 6.91. The summed E-state index contributed by atoms with van der Waals surface area (Å²) in [4.78, 5) is 49.8. The lowest BCUT2D eigenvalue weighted by molar-refractivity contribution is -0.384. The first-order valence-corrected chi connectivity index (χ1v) is 10.7. The molecule has 0 saturated carbocycles. The Balaban J connectivity index is 1.55. The van der Waals surface area contributed by atoms with Gasteiger partial charge in [-0.05, 0) is 43.0 Å². The number of hydrogen-bond acceptors (Lipinski definition) is 7. The molecule has 0 spiro atoms. The molecular formula is C21H21N3O6S. The third kappa shape index (κ3) is 5.40. The Bertz CT molecular complexity index is 1020. The Morgan fingerprint density at radius 2 is 1.97 bits per heavy atom. The van der Waals surface area contributed by atoms with Crippen LogP contribution in [0.15, 0.2) is 47.4 Å². The fourth-order valence-corrected chi connectivity index (χ4v) is 3.58. The van der Waals surface area contributed by atoms with Crippen LogP contribution in [-0.4, -0.2) is 42.1 Å². The van der Waals surface area contributed by atoms with Gasteiger partial charge in [0.15, 0.2) is 6.61 Å². The zero-order valence-electron chi connectivity index (χ0n) is 17.0. The van der Waals surface area contributed by atoms with Crippen LogP contribution in [0.3, 0.4) is 0 Å². The van der Waals surface area contributed by atoms with Crippen molar-refractivity contribution >= 4 is 46.6 Å². The van der Waals surface area contributed by atoms with Crippen LogP contribution in [0.4, 0.5) is 17.1 Å². The van der Waals surface area contributed by atoms with Crippen molar-refractivity contribution in [1.29, 1.82) is 0 Å². The number of carbonyl (C=O) groups excluding carboxylic acids is 3. The summed E-state index contributed by atoms with van der Waals surface area (Å²) in [6.45, 7) is 1.33. The standard InChI is InChI=1S/C21H21N3O6S/c1-13-3-4-16(24(28)29)10-18(13)22-19(25)12-30-21(27)14-9-20(26)23(11-14)15-5-7-17(31-2)8-6-15/h3-8,10,14H,9,11-12H2,1-2H3,(H,22,25). The van der Waals surface area contributed by atoms with E-state index < -0.39 is 29.3 Å². The number of hydrogen-bond donors (Lipinski definition) is 1.